The molecule has 2 fully saturated rings. The molecule has 1 heterocycles. The highest BCUT2D eigenvalue weighted by molar-refractivity contribution is 5.27. The third-order valence-electron chi connectivity index (χ3n) is 4.86. The van der Waals surface area contributed by atoms with Crippen LogP contribution >= 0.6 is 0 Å². The van der Waals surface area contributed by atoms with Crippen molar-refractivity contribution in [1.29, 1.82) is 0 Å². The molecule has 3 rings (SSSR count). The van der Waals surface area contributed by atoms with Crippen molar-refractivity contribution in [2.75, 3.05) is 20.1 Å². The largest absolute Gasteiger partial charge is 0.311 e. The summed E-state index contributed by atoms with van der Waals surface area (Å²) in [6, 6.07) is 12.3. The van der Waals surface area contributed by atoms with Gasteiger partial charge in [0, 0.05) is 24.5 Å². The van der Waals surface area contributed by atoms with Crippen LogP contribution in [0.25, 0.3) is 0 Å². The minimum absolute atomic E-state index is 0.654. The lowest BCUT2D eigenvalue weighted by molar-refractivity contribution is 0.178. The minimum Gasteiger partial charge on any atom is -0.311 e. The van der Waals surface area contributed by atoms with Gasteiger partial charge >= 0.3 is 0 Å². The lowest BCUT2D eigenvalue weighted by Crippen LogP contribution is -2.44. The zero-order valence-electron chi connectivity index (χ0n) is 12.2. The summed E-state index contributed by atoms with van der Waals surface area (Å²) in [6.45, 7) is 4.92. The standard InChI is InChI=1S/C17H26N2/c1-13(15-9-6-10-19(2)12-15)18-17-11-16(17)14-7-4-3-5-8-14/h3-5,7-8,13,15-18H,6,9-12H2,1-2H3. The van der Waals surface area contributed by atoms with E-state index in [1.807, 2.05) is 0 Å². The lowest BCUT2D eigenvalue weighted by atomic mass is 9.92. The van der Waals surface area contributed by atoms with Gasteiger partial charge in [0.1, 0.15) is 0 Å². The smallest absolute Gasteiger partial charge is 0.0145 e. The molecule has 0 spiro atoms. The second-order valence-corrected chi connectivity index (χ2v) is 6.48. The number of piperidine rings is 1. The maximum absolute atomic E-state index is 3.87. The van der Waals surface area contributed by atoms with Crippen LogP contribution in [0.15, 0.2) is 30.3 Å². The predicted molar refractivity (Wildman–Crippen MR) is 80.4 cm³/mol. The first-order valence-electron chi connectivity index (χ1n) is 7.73. The van der Waals surface area contributed by atoms with Crippen LogP contribution in [0, 0.1) is 5.92 Å². The average Bonchev–Trinajstić information content (AvgIpc) is 3.19. The third kappa shape index (κ3) is 3.18. The molecule has 2 aliphatic rings. The van der Waals surface area contributed by atoms with Crippen LogP contribution in [-0.4, -0.2) is 37.1 Å². The Morgan fingerprint density at radius 3 is 2.79 bits per heavy atom. The van der Waals surface area contributed by atoms with Gasteiger partial charge in [-0.2, -0.15) is 0 Å². The first kappa shape index (κ1) is 13.1. The molecule has 104 valence electrons. The molecule has 1 N–H and O–H groups in total. The zero-order valence-corrected chi connectivity index (χ0v) is 12.2. The molecule has 1 aliphatic carbocycles. The molecule has 1 aromatic carbocycles. The van der Waals surface area contributed by atoms with E-state index in [0.29, 0.717) is 12.1 Å². The topological polar surface area (TPSA) is 15.3 Å². The number of rotatable bonds is 4. The fourth-order valence-electron chi connectivity index (χ4n) is 3.54. The molecule has 4 unspecified atom stereocenters. The Balaban J connectivity index is 1.50. The molecule has 19 heavy (non-hydrogen) atoms. The second kappa shape index (κ2) is 5.64. The van der Waals surface area contributed by atoms with E-state index >= 15 is 0 Å². The number of likely N-dealkylation sites (tertiary alicyclic amines) is 1. The molecule has 0 radical (unpaired) electrons. The summed E-state index contributed by atoms with van der Waals surface area (Å²) in [6.07, 6.45) is 4.07. The fraction of sp³-hybridized carbons (Fsp3) is 0.647. The Kier molecular flexibility index (Phi) is 3.90. The van der Waals surface area contributed by atoms with Gasteiger partial charge in [-0.05, 0) is 51.3 Å². The van der Waals surface area contributed by atoms with Gasteiger partial charge in [0.25, 0.3) is 0 Å². The van der Waals surface area contributed by atoms with Crippen LogP contribution < -0.4 is 5.32 Å². The van der Waals surface area contributed by atoms with Crippen molar-refractivity contribution >= 4 is 0 Å². The highest BCUT2D eigenvalue weighted by atomic mass is 15.1. The van der Waals surface area contributed by atoms with E-state index in [1.165, 1.54) is 37.9 Å². The quantitative estimate of drug-likeness (QED) is 0.893. The summed E-state index contributed by atoms with van der Waals surface area (Å²) in [5.74, 6) is 1.58. The van der Waals surface area contributed by atoms with Crippen LogP contribution in [0.4, 0.5) is 0 Å². The van der Waals surface area contributed by atoms with Gasteiger partial charge in [-0.1, -0.05) is 30.3 Å². The molecule has 1 saturated carbocycles. The molecule has 0 bridgehead atoms. The van der Waals surface area contributed by atoms with Crippen molar-refractivity contribution in [3.05, 3.63) is 35.9 Å². The van der Waals surface area contributed by atoms with Gasteiger partial charge < -0.3 is 10.2 Å². The first-order chi connectivity index (χ1) is 9.24. The van der Waals surface area contributed by atoms with Gasteiger partial charge in [0.2, 0.25) is 0 Å². The molecular formula is C17H26N2. The maximum atomic E-state index is 3.87. The molecule has 2 heteroatoms. The normalized spacial score (nSPS) is 33.1. The number of nitrogens with zero attached hydrogens (tertiary/aromatic N) is 1. The van der Waals surface area contributed by atoms with Crippen molar-refractivity contribution < 1.29 is 0 Å². The van der Waals surface area contributed by atoms with Crippen LogP contribution in [-0.2, 0) is 0 Å². The van der Waals surface area contributed by atoms with Crippen molar-refractivity contribution in [3.63, 3.8) is 0 Å². The summed E-state index contributed by atoms with van der Waals surface area (Å²) in [5.41, 5.74) is 1.51. The van der Waals surface area contributed by atoms with Crippen molar-refractivity contribution in [2.45, 2.75) is 44.2 Å². The van der Waals surface area contributed by atoms with Crippen LogP contribution in [0.2, 0.25) is 0 Å². The Morgan fingerprint density at radius 2 is 2.05 bits per heavy atom. The van der Waals surface area contributed by atoms with Crippen molar-refractivity contribution in [1.82, 2.24) is 10.2 Å². The molecule has 0 aromatic heterocycles. The van der Waals surface area contributed by atoms with Crippen LogP contribution in [0.5, 0.6) is 0 Å². The van der Waals surface area contributed by atoms with Gasteiger partial charge in [0.15, 0.2) is 0 Å². The second-order valence-electron chi connectivity index (χ2n) is 6.48. The highest BCUT2D eigenvalue weighted by Crippen LogP contribution is 2.41. The molecular weight excluding hydrogens is 232 g/mol. The summed E-state index contributed by atoms with van der Waals surface area (Å²) in [7, 11) is 2.25. The minimum atomic E-state index is 0.654. The molecule has 0 amide bonds. The molecule has 2 nitrogen and oxygen atoms in total. The lowest BCUT2D eigenvalue weighted by Gasteiger charge is -2.34. The number of benzene rings is 1. The predicted octanol–water partition coefficient (Wildman–Crippen LogP) is 2.86. The summed E-state index contributed by atoms with van der Waals surface area (Å²) < 4.78 is 0. The fourth-order valence-corrected chi connectivity index (χ4v) is 3.54. The maximum Gasteiger partial charge on any atom is 0.0145 e. The molecule has 1 aromatic rings. The molecule has 4 atom stereocenters. The van der Waals surface area contributed by atoms with Gasteiger partial charge in [0.05, 0.1) is 0 Å². The van der Waals surface area contributed by atoms with E-state index in [-0.39, 0.29) is 0 Å². The monoisotopic (exact) mass is 258 g/mol. The zero-order chi connectivity index (χ0) is 13.2. The Labute approximate surface area is 117 Å². The third-order valence-corrected chi connectivity index (χ3v) is 4.86. The van der Waals surface area contributed by atoms with E-state index < -0.39 is 0 Å². The average molecular weight is 258 g/mol. The SMILES string of the molecule is CC(NC1CC1c1ccccc1)C1CCCN(C)C1. The highest BCUT2D eigenvalue weighted by Gasteiger charge is 2.39. The van der Waals surface area contributed by atoms with Gasteiger partial charge in [-0.3, -0.25) is 0 Å². The van der Waals surface area contributed by atoms with E-state index in [1.54, 1.807) is 0 Å². The van der Waals surface area contributed by atoms with E-state index in [4.69, 9.17) is 0 Å². The Hall–Kier alpha value is -0.860. The number of hydrogen-bond donors (Lipinski definition) is 1. The van der Waals surface area contributed by atoms with Crippen LogP contribution in [0.3, 0.4) is 0 Å². The van der Waals surface area contributed by atoms with E-state index in [0.717, 1.165) is 11.8 Å². The first-order valence-corrected chi connectivity index (χ1v) is 7.73. The van der Waals surface area contributed by atoms with E-state index in [9.17, 15) is 0 Å². The molecule has 1 saturated heterocycles. The number of hydrogen-bond acceptors (Lipinski definition) is 2. The summed E-state index contributed by atoms with van der Waals surface area (Å²) in [4.78, 5) is 2.48. The van der Waals surface area contributed by atoms with E-state index in [2.05, 4.69) is 54.5 Å². The van der Waals surface area contributed by atoms with Gasteiger partial charge in [-0.15, -0.1) is 0 Å². The van der Waals surface area contributed by atoms with Crippen molar-refractivity contribution in [3.8, 4) is 0 Å². The summed E-state index contributed by atoms with van der Waals surface area (Å²) in [5, 5.41) is 3.87. The summed E-state index contributed by atoms with van der Waals surface area (Å²) >= 11 is 0. The van der Waals surface area contributed by atoms with Crippen LogP contribution in [0.1, 0.15) is 37.7 Å². The Morgan fingerprint density at radius 1 is 1.26 bits per heavy atom. The van der Waals surface area contributed by atoms with Gasteiger partial charge in [-0.25, -0.2) is 0 Å². The van der Waals surface area contributed by atoms with Crippen molar-refractivity contribution in [2.24, 2.45) is 5.92 Å². The molecule has 1 aliphatic heterocycles. The number of nitrogens with one attached hydrogen (secondary N) is 1. The Bertz CT molecular complexity index is 403.